The average molecular weight is 159 g/mol. The number of nitrogens with one attached hydrogen (secondary N) is 3. The molecule has 0 radical (unpaired) electrons. The fourth-order valence-electron chi connectivity index (χ4n) is 0.791. The second-order valence-electron chi connectivity index (χ2n) is 2.53. The molecule has 0 bridgehead atoms. The van der Waals surface area contributed by atoms with Crippen molar-refractivity contribution in [2.24, 2.45) is 0 Å². The van der Waals surface area contributed by atoms with E-state index in [1.807, 2.05) is 13.8 Å². The maximum Gasteiger partial charge on any atom is 0.221 e. The molecule has 0 aromatic carbocycles. The van der Waals surface area contributed by atoms with Crippen molar-refractivity contribution in [2.45, 2.75) is 32.5 Å². The summed E-state index contributed by atoms with van der Waals surface area (Å²) in [5, 5.41) is 2.74. The van der Waals surface area contributed by atoms with E-state index in [0.29, 0.717) is 6.42 Å². The summed E-state index contributed by atoms with van der Waals surface area (Å²) in [5.74, 6) is 0.0154. The molecule has 3 N–H and O–H groups in total. The highest BCUT2D eigenvalue weighted by Gasteiger charge is 2.24. The lowest BCUT2D eigenvalue weighted by atomic mass is 10.3. The predicted molar refractivity (Wildman–Crippen MR) is 39.0 cm³/mol. The fraction of sp³-hybridized carbons (Fsp3) is 0.833. The van der Waals surface area contributed by atoms with Gasteiger partial charge in [0.15, 0.2) is 0 Å². The van der Waals surface area contributed by atoms with Gasteiger partial charge in [-0.2, -0.15) is 11.0 Å². The molecule has 5 heteroatoms. The van der Waals surface area contributed by atoms with Crippen LogP contribution >= 0.6 is 0 Å². The Balaban J connectivity index is 2.30. The Labute approximate surface area is 65.4 Å². The van der Waals surface area contributed by atoms with Gasteiger partial charge >= 0.3 is 0 Å². The summed E-state index contributed by atoms with van der Waals surface area (Å²) in [6.07, 6.45) is 0.368. The molecule has 64 valence electrons. The van der Waals surface area contributed by atoms with Crippen LogP contribution in [-0.4, -0.2) is 18.1 Å². The van der Waals surface area contributed by atoms with E-state index in [-0.39, 0.29) is 18.1 Å². The molecule has 5 nitrogen and oxygen atoms in total. The van der Waals surface area contributed by atoms with Gasteiger partial charge in [0.25, 0.3) is 0 Å². The third-order valence-corrected chi connectivity index (χ3v) is 1.57. The molecular formula is C6H13N3O2. The maximum absolute atomic E-state index is 10.9. The van der Waals surface area contributed by atoms with Crippen molar-refractivity contribution in [1.82, 2.24) is 16.3 Å². The smallest absolute Gasteiger partial charge is 0.221 e. The van der Waals surface area contributed by atoms with Gasteiger partial charge in [-0.15, -0.1) is 0 Å². The van der Waals surface area contributed by atoms with E-state index in [4.69, 9.17) is 4.94 Å². The van der Waals surface area contributed by atoms with Crippen LogP contribution in [0.4, 0.5) is 0 Å². The number of hydrogen-bond donors (Lipinski definition) is 3. The third-order valence-electron chi connectivity index (χ3n) is 1.57. The topological polar surface area (TPSA) is 62.4 Å². The van der Waals surface area contributed by atoms with Crippen molar-refractivity contribution in [2.75, 3.05) is 0 Å². The zero-order valence-electron chi connectivity index (χ0n) is 6.68. The van der Waals surface area contributed by atoms with Gasteiger partial charge in [-0.25, -0.2) is 4.94 Å². The van der Waals surface area contributed by atoms with E-state index in [2.05, 4.69) is 16.3 Å². The monoisotopic (exact) mass is 159 g/mol. The van der Waals surface area contributed by atoms with Crippen LogP contribution in [-0.2, 0) is 9.73 Å². The Morgan fingerprint density at radius 3 is 2.82 bits per heavy atom. The Morgan fingerprint density at radius 1 is 1.64 bits per heavy atom. The van der Waals surface area contributed by atoms with Gasteiger partial charge in [-0.05, 0) is 6.92 Å². The van der Waals surface area contributed by atoms with Crippen LogP contribution in [0, 0.1) is 0 Å². The molecule has 0 saturated carbocycles. The van der Waals surface area contributed by atoms with Crippen LogP contribution in [0.15, 0.2) is 0 Å². The van der Waals surface area contributed by atoms with Crippen molar-refractivity contribution < 1.29 is 9.73 Å². The van der Waals surface area contributed by atoms with Crippen LogP contribution in [0.1, 0.15) is 20.3 Å². The van der Waals surface area contributed by atoms with Gasteiger partial charge in [0.1, 0.15) is 6.17 Å². The minimum atomic E-state index is -0.123. The summed E-state index contributed by atoms with van der Waals surface area (Å²) < 4.78 is 0. The summed E-state index contributed by atoms with van der Waals surface area (Å²) in [4.78, 5) is 15.6. The van der Waals surface area contributed by atoms with Crippen molar-refractivity contribution in [3.8, 4) is 0 Å². The first-order chi connectivity index (χ1) is 5.24. The summed E-state index contributed by atoms with van der Waals surface area (Å²) in [6, 6.07) is 0.102. The zero-order valence-corrected chi connectivity index (χ0v) is 6.68. The summed E-state index contributed by atoms with van der Waals surface area (Å²) in [6.45, 7) is 3.73. The predicted octanol–water partition coefficient (Wildman–Crippen LogP) is -0.733. The molecule has 1 amide bonds. The zero-order chi connectivity index (χ0) is 8.27. The molecule has 0 aromatic rings. The summed E-state index contributed by atoms with van der Waals surface area (Å²) in [7, 11) is 0. The van der Waals surface area contributed by atoms with Crippen molar-refractivity contribution >= 4 is 5.91 Å². The number of hydrogen-bond acceptors (Lipinski definition) is 4. The van der Waals surface area contributed by atoms with E-state index in [0.717, 1.165) is 0 Å². The average Bonchev–Trinajstić information content (AvgIpc) is 2.37. The van der Waals surface area contributed by atoms with E-state index in [9.17, 15) is 4.79 Å². The highest BCUT2D eigenvalue weighted by Crippen LogP contribution is 1.95. The van der Waals surface area contributed by atoms with Gasteiger partial charge in [-0.3, -0.25) is 4.79 Å². The molecule has 0 spiro atoms. The molecule has 1 aliphatic rings. The summed E-state index contributed by atoms with van der Waals surface area (Å²) in [5.41, 5.74) is 5.30. The molecule has 1 heterocycles. The second kappa shape index (κ2) is 3.66. The highest BCUT2D eigenvalue weighted by atomic mass is 16.8. The molecule has 2 unspecified atom stereocenters. The van der Waals surface area contributed by atoms with Crippen molar-refractivity contribution in [3.05, 3.63) is 0 Å². The van der Waals surface area contributed by atoms with Crippen LogP contribution in [0.2, 0.25) is 0 Å². The van der Waals surface area contributed by atoms with Gasteiger partial charge in [0, 0.05) is 6.42 Å². The lowest BCUT2D eigenvalue weighted by Crippen LogP contribution is -2.46. The number of hydroxylamine groups is 2. The fourth-order valence-corrected chi connectivity index (χ4v) is 0.791. The normalized spacial score (nSPS) is 30.4. The van der Waals surface area contributed by atoms with Gasteiger partial charge in [-0.1, -0.05) is 6.92 Å². The lowest BCUT2D eigenvalue weighted by Gasteiger charge is -2.13. The maximum atomic E-state index is 10.9. The Kier molecular flexibility index (Phi) is 2.81. The first kappa shape index (κ1) is 8.45. The Hall–Kier alpha value is -0.650. The van der Waals surface area contributed by atoms with Gasteiger partial charge in [0.2, 0.25) is 5.91 Å². The van der Waals surface area contributed by atoms with Crippen LogP contribution in [0.5, 0.6) is 0 Å². The molecule has 1 rings (SSSR count). The SMILES string of the molecule is CCC(=O)NC1NONC1C. The van der Waals surface area contributed by atoms with E-state index in [1.54, 1.807) is 0 Å². The van der Waals surface area contributed by atoms with Gasteiger partial charge in [0.05, 0.1) is 6.04 Å². The minimum absolute atomic E-state index is 0.0154. The molecule has 0 aliphatic carbocycles. The highest BCUT2D eigenvalue weighted by molar-refractivity contribution is 5.75. The largest absolute Gasteiger partial charge is 0.337 e. The Bertz CT molecular complexity index is 151. The quantitative estimate of drug-likeness (QED) is 0.497. The summed E-state index contributed by atoms with van der Waals surface area (Å²) >= 11 is 0. The minimum Gasteiger partial charge on any atom is -0.337 e. The molecule has 1 saturated heterocycles. The van der Waals surface area contributed by atoms with Crippen LogP contribution in [0.25, 0.3) is 0 Å². The van der Waals surface area contributed by atoms with E-state index < -0.39 is 0 Å². The number of amides is 1. The molecule has 1 fully saturated rings. The van der Waals surface area contributed by atoms with E-state index >= 15 is 0 Å². The van der Waals surface area contributed by atoms with E-state index in [1.165, 1.54) is 0 Å². The standard InChI is InChI=1S/C6H13N3O2/c1-3-5(10)7-6-4(2)8-11-9-6/h4,6,8-9H,3H2,1-2H3,(H,7,10). The lowest BCUT2D eigenvalue weighted by molar-refractivity contribution is -0.122. The van der Waals surface area contributed by atoms with Crippen LogP contribution in [0.3, 0.4) is 0 Å². The molecular weight excluding hydrogens is 146 g/mol. The molecule has 1 aliphatic heterocycles. The van der Waals surface area contributed by atoms with Crippen molar-refractivity contribution in [1.29, 1.82) is 0 Å². The molecule has 11 heavy (non-hydrogen) atoms. The third kappa shape index (κ3) is 2.14. The molecule has 2 atom stereocenters. The molecule has 0 aromatic heterocycles. The number of carbonyl (C=O) groups is 1. The number of rotatable bonds is 2. The first-order valence-corrected chi connectivity index (χ1v) is 3.70. The van der Waals surface area contributed by atoms with Gasteiger partial charge < -0.3 is 5.32 Å². The van der Waals surface area contributed by atoms with Crippen molar-refractivity contribution in [3.63, 3.8) is 0 Å². The Morgan fingerprint density at radius 2 is 2.36 bits per heavy atom. The second-order valence-corrected chi connectivity index (χ2v) is 2.53. The number of carbonyl (C=O) groups excluding carboxylic acids is 1. The van der Waals surface area contributed by atoms with Crippen LogP contribution < -0.4 is 16.3 Å². The first-order valence-electron chi connectivity index (χ1n) is 3.70.